The number of hydrogen-bond donors (Lipinski definition) is 1. The number of carbonyl (C=O) groups excluding carboxylic acids is 1. The Morgan fingerprint density at radius 2 is 1.81 bits per heavy atom. The fraction of sp³-hybridized carbons (Fsp3) is 0.217. The second-order valence-electron chi connectivity index (χ2n) is 7.48. The summed E-state index contributed by atoms with van der Waals surface area (Å²) in [5.41, 5.74) is 4.01. The summed E-state index contributed by atoms with van der Waals surface area (Å²) < 4.78 is 1.77. The van der Waals surface area contributed by atoms with Crippen LogP contribution in [0.1, 0.15) is 16.7 Å². The molecule has 8 heteroatoms. The molecule has 4 aromatic rings. The van der Waals surface area contributed by atoms with E-state index in [1.165, 1.54) is 22.2 Å². The number of thiazole rings is 1. The highest BCUT2D eigenvalue weighted by atomic mass is 32.1. The number of fused-ring (bicyclic) bond motifs is 1. The molecule has 7 nitrogen and oxygen atoms in total. The van der Waals surface area contributed by atoms with Crippen molar-refractivity contribution in [2.24, 2.45) is 0 Å². The van der Waals surface area contributed by atoms with Crippen LogP contribution < -0.4 is 15.8 Å². The molecule has 1 N–H and O–H groups in total. The lowest BCUT2D eigenvalue weighted by molar-refractivity contribution is -0.116. The fourth-order valence-corrected chi connectivity index (χ4v) is 4.31. The Hall–Kier alpha value is -3.52. The van der Waals surface area contributed by atoms with Gasteiger partial charge in [0.1, 0.15) is 17.6 Å². The van der Waals surface area contributed by atoms with Crippen LogP contribution in [-0.4, -0.2) is 27.5 Å². The predicted octanol–water partition coefficient (Wildman–Crippen LogP) is 3.74. The minimum absolute atomic E-state index is 0.108. The van der Waals surface area contributed by atoms with Gasteiger partial charge in [0.05, 0.1) is 0 Å². The van der Waals surface area contributed by atoms with E-state index in [0.717, 1.165) is 22.4 Å². The van der Waals surface area contributed by atoms with Crippen molar-refractivity contribution in [2.45, 2.75) is 26.9 Å². The van der Waals surface area contributed by atoms with Crippen LogP contribution in [0.4, 0.5) is 10.8 Å². The molecule has 31 heavy (non-hydrogen) atoms. The first-order valence-corrected chi connectivity index (χ1v) is 10.7. The summed E-state index contributed by atoms with van der Waals surface area (Å²) in [4.78, 5) is 36.3. The summed E-state index contributed by atoms with van der Waals surface area (Å²) in [7, 11) is 1.93. The zero-order valence-electron chi connectivity index (χ0n) is 17.6. The molecule has 0 aliphatic rings. The third kappa shape index (κ3) is 4.49. The van der Waals surface area contributed by atoms with Crippen molar-refractivity contribution in [3.63, 3.8) is 0 Å². The summed E-state index contributed by atoms with van der Waals surface area (Å²) in [6.45, 7) is 4.44. The van der Waals surface area contributed by atoms with Crippen molar-refractivity contribution in [3.8, 4) is 0 Å². The summed E-state index contributed by atoms with van der Waals surface area (Å²) in [5, 5.41) is 3.62. The van der Waals surface area contributed by atoms with E-state index in [1.807, 2.05) is 74.3 Å². The molecule has 2 aromatic carbocycles. The van der Waals surface area contributed by atoms with E-state index in [0.29, 0.717) is 22.0 Å². The standard InChI is InChI=1S/C23H23N5O2S/c1-15-8-7-9-16(2)19(15)25-18(29)13-28-14-24-21-20(22(28)30)31-23(26-21)27(3)12-17-10-5-4-6-11-17/h4-11,14H,12-13H2,1-3H3,(H,25,29). The molecule has 0 saturated carbocycles. The average Bonchev–Trinajstić information content (AvgIpc) is 3.19. The van der Waals surface area contributed by atoms with Gasteiger partial charge in [-0.1, -0.05) is 59.9 Å². The molecule has 0 atom stereocenters. The lowest BCUT2D eigenvalue weighted by atomic mass is 10.1. The van der Waals surface area contributed by atoms with E-state index in [1.54, 1.807) is 0 Å². The van der Waals surface area contributed by atoms with Crippen molar-refractivity contribution in [3.05, 3.63) is 81.9 Å². The molecule has 4 rings (SSSR count). The first-order valence-electron chi connectivity index (χ1n) is 9.89. The number of anilines is 2. The van der Waals surface area contributed by atoms with Gasteiger partial charge in [-0.25, -0.2) is 4.98 Å². The second-order valence-corrected chi connectivity index (χ2v) is 8.46. The molecule has 0 aliphatic carbocycles. The van der Waals surface area contributed by atoms with Crippen LogP contribution in [0.2, 0.25) is 0 Å². The van der Waals surface area contributed by atoms with Crippen molar-refractivity contribution < 1.29 is 4.79 Å². The van der Waals surface area contributed by atoms with Crippen molar-refractivity contribution in [2.75, 3.05) is 17.3 Å². The number of nitrogens with one attached hydrogen (secondary N) is 1. The lowest BCUT2D eigenvalue weighted by Crippen LogP contribution is -2.27. The van der Waals surface area contributed by atoms with Crippen LogP contribution in [0.3, 0.4) is 0 Å². The van der Waals surface area contributed by atoms with Gasteiger partial charge in [-0.2, -0.15) is 4.98 Å². The van der Waals surface area contributed by atoms with Crippen LogP contribution >= 0.6 is 11.3 Å². The maximum atomic E-state index is 12.9. The average molecular weight is 434 g/mol. The number of aromatic nitrogens is 3. The summed E-state index contributed by atoms with van der Waals surface area (Å²) in [5.74, 6) is -0.272. The smallest absolute Gasteiger partial charge is 0.273 e. The number of carbonyl (C=O) groups is 1. The van der Waals surface area contributed by atoms with Gasteiger partial charge < -0.3 is 10.2 Å². The van der Waals surface area contributed by atoms with Crippen LogP contribution in [0.15, 0.2) is 59.7 Å². The first kappa shape index (κ1) is 20.7. The summed E-state index contributed by atoms with van der Waals surface area (Å²) >= 11 is 1.29. The first-order chi connectivity index (χ1) is 14.9. The number of amides is 1. The van der Waals surface area contributed by atoms with Crippen molar-refractivity contribution >= 4 is 38.4 Å². The Labute approximate surface area is 184 Å². The number of para-hydroxylation sites is 1. The van der Waals surface area contributed by atoms with E-state index in [9.17, 15) is 9.59 Å². The minimum atomic E-state index is -0.272. The molecular formula is C23H23N5O2S. The van der Waals surface area contributed by atoms with E-state index in [4.69, 9.17) is 0 Å². The number of hydrogen-bond acceptors (Lipinski definition) is 6. The van der Waals surface area contributed by atoms with Crippen molar-refractivity contribution in [1.82, 2.24) is 14.5 Å². The molecule has 2 heterocycles. The predicted molar refractivity (Wildman–Crippen MR) is 125 cm³/mol. The normalized spacial score (nSPS) is 10.9. The maximum absolute atomic E-state index is 12.9. The Balaban J connectivity index is 1.54. The Morgan fingerprint density at radius 1 is 1.10 bits per heavy atom. The minimum Gasteiger partial charge on any atom is -0.347 e. The van der Waals surface area contributed by atoms with Gasteiger partial charge in [-0.15, -0.1) is 0 Å². The quantitative estimate of drug-likeness (QED) is 0.501. The number of nitrogens with zero attached hydrogens (tertiary/aromatic N) is 4. The third-order valence-corrected chi connectivity index (χ3v) is 6.17. The van der Waals surface area contributed by atoms with E-state index >= 15 is 0 Å². The van der Waals surface area contributed by atoms with Gasteiger partial charge in [0, 0.05) is 19.3 Å². The Kier molecular flexibility index (Phi) is 5.81. The highest BCUT2D eigenvalue weighted by molar-refractivity contribution is 7.22. The number of benzene rings is 2. The highest BCUT2D eigenvalue weighted by Crippen LogP contribution is 2.25. The maximum Gasteiger partial charge on any atom is 0.273 e. The topological polar surface area (TPSA) is 80.1 Å². The van der Waals surface area contributed by atoms with Crippen LogP contribution in [0.5, 0.6) is 0 Å². The highest BCUT2D eigenvalue weighted by Gasteiger charge is 2.16. The second kappa shape index (κ2) is 8.69. The molecule has 0 fully saturated rings. The van der Waals surface area contributed by atoms with E-state index in [2.05, 4.69) is 15.3 Å². The SMILES string of the molecule is Cc1cccc(C)c1NC(=O)Cn1cnc2nc(N(C)Cc3ccccc3)sc2c1=O. The molecule has 0 spiro atoms. The monoisotopic (exact) mass is 433 g/mol. The number of aryl methyl sites for hydroxylation is 2. The van der Waals surface area contributed by atoms with E-state index in [-0.39, 0.29) is 18.0 Å². The van der Waals surface area contributed by atoms with Gasteiger partial charge in [0.2, 0.25) is 5.91 Å². The Morgan fingerprint density at radius 3 is 2.52 bits per heavy atom. The summed E-state index contributed by atoms with van der Waals surface area (Å²) in [6, 6.07) is 15.9. The largest absolute Gasteiger partial charge is 0.347 e. The van der Waals surface area contributed by atoms with Crippen molar-refractivity contribution in [1.29, 1.82) is 0 Å². The van der Waals surface area contributed by atoms with Gasteiger partial charge in [0.15, 0.2) is 10.8 Å². The third-order valence-electron chi connectivity index (χ3n) is 5.02. The van der Waals surface area contributed by atoms with Gasteiger partial charge in [-0.05, 0) is 30.5 Å². The van der Waals surface area contributed by atoms with Gasteiger partial charge in [-0.3, -0.25) is 14.2 Å². The molecule has 158 valence electrons. The van der Waals surface area contributed by atoms with Gasteiger partial charge in [0.25, 0.3) is 5.56 Å². The zero-order valence-corrected chi connectivity index (χ0v) is 18.4. The summed E-state index contributed by atoms with van der Waals surface area (Å²) in [6.07, 6.45) is 1.38. The van der Waals surface area contributed by atoms with E-state index < -0.39 is 0 Å². The Bertz CT molecular complexity index is 1280. The lowest BCUT2D eigenvalue weighted by Gasteiger charge is -2.15. The molecule has 2 aromatic heterocycles. The number of rotatable bonds is 6. The van der Waals surface area contributed by atoms with Crippen LogP contribution in [-0.2, 0) is 17.9 Å². The molecule has 0 unspecified atom stereocenters. The van der Waals surface area contributed by atoms with Crippen LogP contribution in [0.25, 0.3) is 10.3 Å². The zero-order chi connectivity index (χ0) is 22.0. The fourth-order valence-electron chi connectivity index (χ4n) is 3.38. The molecule has 1 amide bonds. The molecule has 0 saturated heterocycles. The van der Waals surface area contributed by atoms with Crippen LogP contribution in [0, 0.1) is 13.8 Å². The molecule has 0 radical (unpaired) electrons. The molecule has 0 bridgehead atoms. The molecule has 0 aliphatic heterocycles. The van der Waals surface area contributed by atoms with Gasteiger partial charge >= 0.3 is 0 Å². The molecular weight excluding hydrogens is 410 g/mol.